The first kappa shape index (κ1) is 13.6. The predicted molar refractivity (Wildman–Crippen MR) is 91.2 cm³/mol. The van der Waals surface area contributed by atoms with E-state index in [9.17, 15) is 0 Å². The van der Waals surface area contributed by atoms with Crippen LogP contribution in [-0.4, -0.2) is 4.98 Å². The quantitative estimate of drug-likeness (QED) is 0.685. The number of aryl methyl sites for hydroxylation is 2. The molecule has 0 fully saturated rings. The van der Waals surface area contributed by atoms with Gasteiger partial charge in [0.05, 0.1) is 5.69 Å². The Morgan fingerprint density at radius 2 is 1.95 bits per heavy atom. The first-order chi connectivity index (χ1) is 10.1. The van der Waals surface area contributed by atoms with Crippen LogP contribution in [0.1, 0.15) is 11.1 Å². The summed E-state index contributed by atoms with van der Waals surface area (Å²) in [6, 6.07) is 14.1. The highest BCUT2D eigenvalue weighted by Crippen LogP contribution is 2.29. The number of hydrogen-bond donors (Lipinski definition) is 2. The highest BCUT2D eigenvalue weighted by molar-refractivity contribution is 7.14. The first-order valence-electron chi connectivity index (χ1n) is 6.77. The summed E-state index contributed by atoms with van der Waals surface area (Å²) in [6.45, 7) is 4.22. The predicted octanol–water partition coefficient (Wildman–Crippen LogP) is 4.75. The molecule has 1 heterocycles. The molecule has 0 bridgehead atoms. The summed E-state index contributed by atoms with van der Waals surface area (Å²) < 4.78 is 0. The van der Waals surface area contributed by atoms with Crippen LogP contribution in [-0.2, 0) is 0 Å². The Morgan fingerprint density at radius 3 is 2.71 bits per heavy atom. The van der Waals surface area contributed by atoms with E-state index in [1.54, 1.807) is 11.3 Å². The summed E-state index contributed by atoms with van der Waals surface area (Å²) >= 11 is 1.59. The normalized spacial score (nSPS) is 10.6. The summed E-state index contributed by atoms with van der Waals surface area (Å²) in [5.41, 5.74) is 12.2. The van der Waals surface area contributed by atoms with Gasteiger partial charge in [-0.3, -0.25) is 0 Å². The number of nitrogens with zero attached hydrogens (tertiary/aromatic N) is 1. The van der Waals surface area contributed by atoms with E-state index in [-0.39, 0.29) is 0 Å². The van der Waals surface area contributed by atoms with E-state index in [2.05, 4.69) is 47.7 Å². The van der Waals surface area contributed by atoms with E-state index in [0.717, 1.165) is 22.2 Å². The van der Waals surface area contributed by atoms with Crippen LogP contribution < -0.4 is 11.1 Å². The number of aromatic nitrogens is 1. The molecule has 1 aromatic heterocycles. The number of benzene rings is 2. The molecule has 0 saturated carbocycles. The Balaban J connectivity index is 1.86. The molecule has 0 atom stereocenters. The third-order valence-corrected chi connectivity index (χ3v) is 4.06. The molecule has 3 rings (SSSR count). The first-order valence-corrected chi connectivity index (χ1v) is 7.65. The molecular weight excluding hydrogens is 278 g/mol. The van der Waals surface area contributed by atoms with Crippen LogP contribution in [0.3, 0.4) is 0 Å². The van der Waals surface area contributed by atoms with E-state index in [1.165, 1.54) is 16.7 Å². The summed E-state index contributed by atoms with van der Waals surface area (Å²) in [5.74, 6) is 0. The maximum Gasteiger partial charge on any atom is 0.187 e. The van der Waals surface area contributed by atoms with Crippen LogP contribution in [0, 0.1) is 13.8 Å². The maximum atomic E-state index is 5.79. The maximum absolute atomic E-state index is 5.79. The zero-order valence-electron chi connectivity index (χ0n) is 12.1. The molecule has 0 aliphatic carbocycles. The second kappa shape index (κ2) is 5.58. The van der Waals surface area contributed by atoms with Gasteiger partial charge in [-0.1, -0.05) is 29.8 Å². The van der Waals surface area contributed by atoms with Crippen LogP contribution in [0.5, 0.6) is 0 Å². The van der Waals surface area contributed by atoms with E-state index < -0.39 is 0 Å². The molecule has 3 N–H and O–H groups in total. The largest absolute Gasteiger partial charge is 0.399 e. The number of thiazole rings is 1. The lowest BCUT2D eigenvalue weighted by molar-refractivity contribution is 1.33. The molecule has 0 aliphatic rings. The third kappa shape index (κ3) is 3.06. The molecule has 0 unspecified atom stereocenters. The zero-order chi connectivity index (χ0) is 14.8. The van der Waals surface area contributed by atoms with E-state index in [0.29, 0.717) is 0 Å². The average molecular weight is 295 g/mol. The van der Waals surface area contributed by atoms with Crippen molar-refractivity contribution < 1.29 is 0 Å². The summed E-state index contributed by atoms with van der Waals surface area (Å²) in [6.07, 6.45) is 0. The summed E-state index contributed by atoms with van der Waals surface area (Å²) in [7, 11) is 0. The van der Waals surface area contributed by atoms with Crippen molar-refractivity contribution >= 4 is 27.8 Å². The number of nitrogen functional groups attached to an aromatic ring is 1. The fourth-order valence-electron chi connectivity index (χ4n) is 2.30. The topological polar surface area (TPSA) is 50.9 Å². The molecule has 0 aliphatic heterocycles. The Kier molecular flexibility index (Phi) is 3.62. The van der Waals surface area contributed by atoms with Crippen LogP contribution in [0.2, 0.25) is 0 Å². The second-order valence-corrected chi connectivity index (χ2v) is 5.96. The molecule has 0 saturated heterocycles. The second-order valence-electron chi connectivity index (χ2n) is 5.11. The van der Waals surface area contributed by atoms with Crippen molar-refractivity contribution in [3.63, 3.8) is 0 Å². The lowest BCUT2D eigenvalue weighted by Crippen LogP contribution is -1.92. The highest BCUT2D eigenvalue weighted by atomic mass is 32.1. The molecule has 3 aromatic rings. The number of rotatable bonds is 3. The van der Waals surface area contributed by atoms with E-state index in [1.807, 2.05) is 24.3 Å². The third-order valence-electron chi connectivity index (χ3n) is 3.30. The lowest BCUT2D eigenvalue weighted by atomic mass is 10.0. The Hall–Kier alpha value is -2.33. The van der Waals surface area contributed by atoms with Crippen LogP contribution in [0.15, 0.2) is 47.8 Å². The molecule has 4 heteroatoms. The molecular formula is C17H17N3S. The van der Waals surface area contributed by atoms with E-state index in [4.69, 9.17) is 5.73 Å². The SMILES string of the molecule is Cc1ccc(-c2csc(Nc3cccc(N)c3)n2)c(C)c1. The minimum absolute atomic E-state index is 0.742. The fourth-order valence-corrected chi connectivity index (χ4v) is 3.03. The molecule has 106 valence electrons. The minimum Gasteiger partial charge on any atom is -0.399 e. The number of hydrogen-bond acceptors (Lipinski definition) is 4. The monoisotopic (exact) mass is 295 g/mol. The average Bonchev–Trinajstić information content (AvgIpc) is 2.87. The Morgan fingerprint density at radius 1 is 1.10 bits per heavy atom. The molecule has 0 spiro atoms. The summed E-state index contributed by atoms with van der Waals surface area (Å²) in [5, 5.41) is 6.24. The van der Waals surface area contributed by atoms with Crippen molar-refractivity contribution in [3.8, 4) is 11.3 Å². The van der Waals surface area contributed by atoms with Gasteiger partial charge in [0.15, 0.2) is 5.13 Å². The molecule has 0 amide bonds. The van der Waals surface area contributed by atoms with Gasteiger partial charge in [0.1, 0.15) is 0 Å². The van der Waals surface area contributed by atoms with Gasteiger partial charge >= 0.3 is 0 Å². The van der Waals surface area contributed by atoms with Gasteiger partial charge in [-0.15, -0.1) is 11.3 Å². The standard InChI is InChI=1S/C17H17N3S/c1-11-6-7-15(12(2)8-11)16-10-21-17(20-16)19-14-5-3-4-13(18)9-14/h3-10H,18H2,1-2H3,(H,19,20). The van der Waals surface area contributed by atoms with Gasteiger partial charge in [-0.05, 0) is 37.6 Å². The van der Waals surface area contributed by atoms with Gasteiger partial charge in [0.2, 0.25) is 0 Å². The highest BCUT2D eigenvalue weighted by Gasteiger charge is 2.07. The smallest absolute Gasteiger partial charge is 0.187 e. The number of nitrogens with two attached hydrogens (primary N) is 1. The van der Waals surface area contributed by atoms with Crippen LogP contribution in [0.4, 0.5) is 16.5 Å². The van der Waals surface area contributed by atoms with Gasteiger partial charge < -0.3 is 11.1 Å². The molecule has 0 radical (unpaired) electrons. The van der Waals surface area contributed by atoms with Crippen molar-refractivity contribution in [2.24, 2.45) is 0 Å². The van der Waals surface area contributed by atoms with Crippen molar-refractivity contribution in [1.82, 2.24) is 4.98 Å². The number of anilines is 3. The number of nitrogens with one attached hydrogen (secondary N) is 1. The van der Waals surface area contributed by atoms with Crippen molar-refractivity contribution in [2.75, 3.05) is 11.1 Å². The fraction of sp³-hybridized carbons (Fsp3) is 0.118. The van der Waals surface area contributed by atoms with Crippen molar-refractivity contribution in [2.45, 2.75) is 13.8 Å². The lowest BCUT2D eigenvalue weighted by Gasteiger charge is -2.04. The van der Waals surface area contributed by atoms with Crippen molar-refractivity contribution in [3.05, 3.63) is 59.0 Å². The zero-order valence-corrected chi connectivity index (χ0v) is 12.9. The molecule has 21 heavy (non-hydrogen) atoms. The van der Waals surface area contributed by atoms with Gasteiger partial charge in [0.25, 0.3) is 0 Å². The van der Waals surface area contributed by atoms with Gasteiger partial charge in [-0.25, -0.2) is 4.98 Å². The molecule has 2 aromatic carbocycles. The van der Waals surface area contributed by atoms with Gasteiger partial charge in [-0.2, -0.15) is 0 Å². The Bertz CT molecular complexity index is 777. The van der Waals surface area contributed by atoms with Crippen molar-refractivity contribution in [1.29, 1.82) is 0 Å². The Labute approximate surface area is 128 Å². The van der Waals surface area contributed by atoms with Gasteiger partial charge in [0, 0.05) is 22.3 Å². The van der Waals surface area contributed by atoms with Crippen LogP contribution in [0.25, 0.3) is 11.3 Å². The minimum atomic E-state index is 0.742. The van der Waals surface area contributed by atoms with Crippen LogP contribution >= 0.6 is 11.3 Å². The molecule has 3 nitrogen and oxygen atoms in total. The summed E-state index contributed by atoms with van der Waals surface area (Å²) in [4.78, 5) is 4.66. The van der Waals surface area contributed by atoms with E-state index >= 15 is 0 Å².